The van der Waals surface area contributed by atoms with Gasteiger partial charge in [0.15, 0.2) is 0 Å². The smallest absolute Gasteiger partial charge is 0.312 e. The minimum Gasteiger partial charge on any atom is -0.352 e. The molecule has 1 heterocycles. The first-order chi connectivity index (χ1) is 10.5. The second-order valence-corrected chi connectivity index (χ2v) is 5.98. The van der Waals surface area contributed by atoms with Crippen LogP contribution in [0.4, 0.5) is 9.93 Å². The molecule has 3 amide bonds. The average Bonchev–Trinajstić information content (AvgIpc) is 2.83. The van der Waals surface area contributed by atoms with Gasteiger partial charge in [0.25, 0.3) is 0 Å². The number of amides is 3. The van der Waals surface area contributed by atoms with E-state index < -0.39 is 12.1 Å². The monoisotopic (exact) mass is 319 g/mol. The second-order valence-electron chi connectivity index (χ2n) is 4.80. The van der Waals surface area contributed by atoms with Gasteiger partial charge in [0.2, 0.25) is 11.0 Å². The lowest BCUT2D eigenvalue weighted by Gasteiger charge is -2.19. The molecule has 1 aromatic carbocycles. The highest BCUT2D eigenvalue weighted by atomic mass is 32.1. The molecule has 1 aromatic heterocycles. The van der Waals surface area contributed by atoms with Crippen molar-refractivity contribution in [1.82, 2.24) is 15.5 Å². The summed E-state index contributed by atoms with van der Waals surface area (Å²) in [6.45, 7) is 3.72. The van der Waals surface area contributed by atoms with Crippen molar-refractivity contribution >= 4 is 28.4 Å². The highest BCUT2D eigenvalue weighted by Gasteiger charge is 2.19. The largest absolute Gasteiger partial charge is 0.352 e. The summed E-state index contributed by atoms with van der Waals surface area (Å²) in [6, 6.07) is 6.35. The van der Waals surface area contributed by atoms with Gasteiger partial charge in [-0.15, -0.1) is 10.2 Å². The molecule has 116 valence electrons. The number of hydrogen-bond acceptors (Lipinski definition) is 5. The standard InChI is InChI=1S/C14H17N5O2S/c1-8-5-3-4-6-10(8)11(16-13(15)21)7-12(20)17-14-19-18-9(2)22-14/h3-6,11H,7H2,1-2H3,(H3,15,16,21)(H,17,19,20)/t11-/m0/s1. The van der Waals surface area contributed by atoms with Crippen molar-refractivity contribution in [3.05, 3.63) is 40.4 Å². The van der Waals surface area contributed by atoms with Crippen LogP contribution >= 0.6 is 11.3 Å². The molecule has 0 spiro atoms. The van der Waals surface area contributed by atoms with Gasteiger partial charge in [0, 0.05) is 0 Å². The van der Waals surface area contributed by atoms with Gasteiger partial charge in [0.1, 0.15) is 5.01 Å². The summed E-state index contributed by atoms with van der Waals surface area (Å²) in [5.74, 6) is -0.266. The maximum atomic E-state index is 12.1. The number of rotatable bonds is 5. The van der Waals surface area contributed by atoms with E-state index in [1.807, 2.05) is 31.2 Å². The molecule has 0 radical (unpaired) electrons. The molecule has 7 nitrogen and oxygen atoms in total. The van der Waals surface area contributed by atoms with Gasteiger partial charge < -0.3 is 16.4 Å². The number of nitrogens with zero attached hydrogens (tertiary/aromatic N) is 2. The minimum absolute atomic E-state index is 0.0619. The van der Waals surface area contributed by atoms with Crippen molar-refractivity contribution in [3.8, 4) is 0 Å². The van der Waals surface area contributed by atoms with E-state index in [1.165, 1.54) is 11.3 Å². The summed E-state index contributed by atoms with van der Waals surface area (Å²) < 4.78 is 0. The van der Waals surface area contributed by atoms with Crippen LogP contribution in [0.1, 0.15) is 28.6 Å². The fourth-order valence-electron chi connectivity index (χ4n) is 2.09. The average molecular weight is 319 g/mol. The molecule has 1 atom stereocenters. The molecular formula is C14H17N5O2S. The Morgan fingerprint density at radius 2 is 2.00 bits per heavy atom. The Labute approximate surface area is 131 Å². The number of aromatic nitrogens is 2. The third-order valence-corrected chi connectivity index (χ3v) is 3.80. The highest BCUT2D eigenvalue weighted by molar-refractivity contribution is 7.15. The first kappa shape index (κ1) is 15.9. The topological polar surface area (TPSA) is 110 Å². The Morgan fingerprint density at radius 1 is 1.27 bits per heavy atom. The summed E-state index contributed by atoms with van der Waals surface area (Å²) in [5.41, 5.74) is 7.04. The summed E-state index contributed by atoms with van der Waals surface area (Å²) >= 11 is 1.29. The lowest BCUT2D eigenvalue weighted by atomic mass is 9.98. The molecule has 0 unspecified atom stereocenters. The summed E-state index contributed by atoms with van der Waals surface area (Å²) in [5, 5.41) is 14.1. The highest BCUT2D eigenvalue weighted by Crippen LogP contribution is 2.22. The number of carbonyl (C=O) groups excluding carboxylic acids is 2. The van der Waals surface area contributed by atoms with Crippen molar-refractivity contribution in [2.24, 2.45) is 5.73 Å². The SMILES string of the molecule is Cc1nnc(NC(=O)C[C@H](NC(N)=O)c2ccccc2C)s1. The Balaban J connectivity index is 2.11. The molecular weight excluding hydrogens is 302 g/mol. The molecule has 0 bridgehead atoms. The van der Waals surface area contributed by atoms with Gasteiger partial charge in [-0.1, -0.05) is 35.6 Å². The van der Waals surface area contributed by atoms with Crippen LogP contribution in [0, 0.1) is 13.8 Å². The number of nitrogens with one attached hydrogen (secondary N) is 2. The number of hydrogen-bond donors (Lipinski definition) is 3. The molecule has 2 rings (SSSR count). The van der Waals surface area contributed by atoms with E-state index in [2.05, 4.69) is 20.8 Å². The Bertz CT molecular complexity index is 685. The number of nitrogens with two attached hydrogens (primary N) is 1. The zero-order valence-electron chi connectivity index (χ0n) is 12.3. The number of urea groups is 1. The normalized spacial score (nSPS) is 11.7. The number of anilines is 1. The van der Waals surface area contributed by atoms with Crippen LogP contribution in [-0.4, -0.2) is 22.1 Å². The second kappa shape index (κ2) is 6.99. The molecule has 0 aliphatic rings. The molecule has 0 saturated heterocycles. The number of aryl methyl sites for hydroxylation is 2. The van der Waals surface area contributed by atoms with Crippen molar-refractivity contribution in [1.29, 1.82) is 0 Å². The van der Waals surface area contributed by atoms with E-state index in [0.717, 1.165) is 16.1 Å². The van der Waals surface area contributed by atoms with Crippen molar-refractivity contribution in [3.63, 3.8) is 0 Å². The molecule has 4 N–H and O–H groups in total. The molecule has 2 aromatic rings. The number of benzene rings is 1. The van der Waals surface area contributed by atoms with Crippen LogP contribution in [0.2, 0.25) is 0 Å². The van der Waals surface area contributed by atoms with Crippen LogP contribution in [0.3, 0.4) is 0 Å². The Morgan fingerprint density at radius 3 is 2.59 bits per heavy atom. The van der Waals surface area contributed by atoms with Crippen LogP contribution in [0.25, 0.3) is 0 Å². The van der Waals surface area contributed by atoms with Crippen LogP contribution in [0.5, 0.6) is 0 Å². The molecule has 0 fully saturated rings. The quantitative estimate of drug-likeness (QED) is 0.781. The van der Waals surface area contributed by atoms with Gasteiger partial charge in [-0.3, -0.25) is 4.79 Å². The van der Waals surface area contributed by atoms with E-state index in [9.17, 15) is 9.59 Å². The summed E-state index contributed by atoms with van der Waals surface area (Å²) in [7, 11) is 0. The zero-order chi connectivity index (χ0) is 16.1. The van der Waals surface area contributed by atoms with Crippen molar-refractivity contribution < 1.29 is 9.59 Å². The fraction of sp³-hybridized carbons (Fsp3) is 0.286. The first-order valence-electron chi connectivity index (χ1n) is 6.67. The van der Waals surface area contributed by atoms with Gasteiger partial charge in [-0.05, 0) is 25.0 Å². The van der Waals surface area contributed by atoms with E-state index in [0.29, 0.717) is 5.13 Å². The van der Waals surface area contributed by atoms with E-state index in [4.69, 9.17) is 5.73 Å². The van der Waals surface area contributed by atoms with Crippen LogP contribution in [-0.2, 0) is 4.79 Å². The van der Waals surface area contributed by atoms with Crippen LogP contribution in [0.15, 0.2) is 24.3 Å². The summed E-state index contributed by atoms with van der Waals surface area (Å²) in [4.78, 5) is 23.3. The third kappa shape index (κ3) is 4.26. The van der Waals surface area contributed by atoms with Gasteiger partial charge in [0.05, 0.1) is 12.5 Å². The first-order valence-corrected chi connectivity index (χ1v) is 7.49. The van der Waals surface area contributed by atoms with E-state index >= 15 is 0 Å². The number of carbonyl (C=O) groups is 2. The molecule has 22 heavy (non-hydrogen) atoms. The molecule has 0 saturated carbocycles. The zero-order valence-corrected chi connectivity index (χ0v) is 13.1. The molecule has 0 aliphatic carbocycles. The van der Waals surface area contributed by atoms with Gasteiger partial charge in [-0.25, -0.2) is 4.79 Å². The Kier molecular flexibility index (Phi) is 5.05. The van der Waals surface area contributed by atoms with Crippen molar-refractivity contribution in [2.75, 3.05) is 5.32 Å². The predicted octanol–water partition coefficient (Wildman–Crippen LogP) is 1.89. The maximum Gasteiger partial charge on any atom is 0.312 e. The van der Waals surface area contributed by atoms with Gasteiger partial charge >= 0.3 is 6.03 Å². The lowest BCUT2D eigenvalue weighted by Crippen LogP contribution is -2.35. The Hall–Kier alpha value is -2.48. The minimum atomic E-state index is -0.673. The fourth-order valence-corrected chi connectivity index (χ4v) is 2.70. The van der Waals surface area contributed by atoms with E-state index in [1.54, 1.807) is 6.92 Å². The lowest BCUT2D eigenvalue weighted by molar-refractivity contribution is -0.116. The third-order valence-electron chi connectivity index (χ3n) is 3.04. The maximum absolute atomic E-state index is 12.1. The van der Waals surface area contributed by atoms with Crippen LogP contribution < -0.4 is 16.4 Å². The van der Waals surface area contributed by atoms with Crippen molar-refractivity contribution in [2.45, 2.75) is 26.3 Å². The van der Waals surface area contributed by atoms with E-state index in [-0.39, 0.29) is 12.3 Å². The van der Waals surface area contributed by atoms with Gasteiger partial charge in [-0.2, -0.15) is 0 Å². The molecule has 0 aliphatic heterocycles. The number of primary amides is 1. The predicted molar refractivity (Wildman–Crippen MR) is 84.5 cm³/mol. The molecule has 8 heteroatoms. The summed E-state index contributed by atoms with van der Waals surface area (Å²) in [6.07, 6.45) is 0.0619.